The molecule has 0 radical (unpaired) electrons. The van der Waals surface area contributed by atoms with Gasteiger partial charge in [0.1, 0.15) is 0 Å². The summed E-state index contributed by atoms with van der Waals surface area (Å²) < 4.78 is 11.2. The van der Waals surface area contributed by atoms with Crippen LogP contribution in [0.5, 0.6) is 0 Å². The number of rotatable bonds is 8. The van der Waals surface area contributed by atoms with E-state index in [9.17, 15) is 0 Å². The molecule has 2 rings (SSSR count). The Bertz CT molecular complexity index is 385. The summed E-state index contributed by atoms with van der Waals surface area (Å²) in [5.41, 5.74) is 2.43. The van der Waals surface area contributed by atoms with Crippen molar-refractivity contribution in [2.45, 2.75) is 38.5 Å². The van der Waals surface area contributed by atoms with Crippen molar-refractivity contribution in [1.29, 1.82) is 0 Å². The van der Waals surface area contributed by atoms with E-state index in [4.69, 9.17) is 9.47 Å². The van der Waals surface area contributed by atoms with E-state index in [1.807, 2.05) is 6.07 Å². The van der Waals surface area contributed by atoms with Crippen molar-refractivity contribution in [1.82, 2.24) is 5.32 Å². The summed E-state index contributed by atoms with van der Waals surface area (Å²) in [7, 11) is 0. The monoisotopic (exact) mass is 275 g/mol. The van der Waals surface area contributed by atoms with Crippen LogP contribution in [0.15, 0.2) is 42.5 Å². The summed E-state index contributed by atoms with van der Waals surface area (Å²) in [6.45, 7) is 7.34. The maximum atomic E-state index is 5.71. The highest BCUT2D eigenvalue weighted by atomic mass is 16.7. The van der Waals surface area contributed by atoms with Gasteiger partial charge >= 0.3 is 0 Å². The number of benzene rings is 1. The van der Waals surface area contributed by atoms with E-state index in [0.717, 1.165) is 44.5 Å². The molecule has 110 valence electrons. The minimum atomic E-state index is -0.0159. The topological polar surface area (TPSA) is 30.5 Å². The number of hydrogen-bond acceptors (Lipinski definition) is 3. The average Bonchev–Trinajstić information content (AvgIpc) is 2.52. The van der Waals surface area contributed by atoms with Crippen LogP contribution in [-0.4, -0.2) is 26.0 Å². The zero-order valence-electron chi connectivity index (χ0n) is 12.1. The Labute approximate surface area is 122 Å². The van der Waals surface area contributed by atoms with Gasteiger partial charge in [0.05, 0.1) is 6.61 Å². The highest BCUT2D eigenvalue weighted by molar-refractivity contribution is 5.14. The van der Waals surface area contributed by atoms with E-state index >= 15 is 0 Å². The molecule has 1 aliphatic rings. The van der Waals surface area contributed by atoms with Gasteiger partial charge in [0.2, 0.25) is 0 Å². The van der Waals surface area contributed by atoms with Crippen molar-refractivity contribution in [2.75, 3.05) is 19.8 Å². The van der Waals surface area contributed by atoms with Crippen LogP contribution in [-0.2, 0) is 16.0 Å². The Kier molecular flexibility index (Phi) is 6.78. The van der Waals surface area contributed by atoms with Gasteiger partial charge in [-0.05, 0) is 37.8 Å². The molecule has 1 N–H and O–H groups in total. The lowest BCUT2D eigenvalue weighted by Gasteiger charge is -2.23. The third kappa shape index (κ3) is 5.87. The van der Waals surface area contributed by atoms with Crippen LogP contribution in [0.2, 0.25) is 0 Å². The highest BCUT2D eigenvalue weighted by Gasteiger charge is 2.13. The lowest BCUT2D eigenvalue weighted by molar-refractivity contribution is -0.157. The summed E-state index contributed by atoms with van der Waals surface area (Å²) in [4.78, 5) is 0. The molecule has 1 aliphatic heterocycles. The first-order valence-electron chi connectivity index (χ1n) is 7.49. The summed E-state index contributed by atoms with van der Waals surface area (Å²) in [6.07, 6.45) is 4.30. The second-order valence-electron chi connectivity index (χ2n) is 5.27. The van der Waals surface area contributed by atoms with Crippen molar-refractivity contribution in [3.63, 3.8) is 0 Å². The van der Waals surface area contributed by atoms with Gasteiger partial charge in [-0.15, -0.1) is 0 Å². The molecular formula is C17H25NO2. The van der Waals surface area contributed by atoms with E-state index in [0.29, 0.717) is 6.61 Å². The van der Waals surface area contributed by atoms with Gasteiger partial charge in [-0.25, -0.2) is 0 Å². The Morgan fingerprint density at radius 3 is 2.90 bits per heavy atom. The largest absolute Gasteiger partial charge is 0.353 e. The molecule has 20 heavy (non-hydrogen) atoms. The van der Waals surface area contributed by atoms with Crippen molar-refractivity contribution in [3.8, 4) is 0 Å². The molecule has 1 saturated heterocycles. The molecule has 3 heteroatoms. The van der Waals surface area contributed by atoms with Crippen LogP contribution in [0.3, 0.4) is 0 Å². The summed E-state index contributed by atoms with van der Waals surface area (Å²) in [5, 5.41) is 3.42. The van der Waals surface area contributed by atoms with Gasteiger partial charge in [-0.3, -0.25) is 0 Å². The molecule has 1 atom stereocenters. The zero-order valence-corrected chi connectivity index (χ0v) is 12.1. The molecule has 1 aromatic carbocycles. The van der Waals surface area contributed by atoms with E-state index in [2.05, 4.69) is 36.2 Å². The molecular weight excluding hydrogens is 250 g/mol. The highest BCUT2D eigenvalue weighted by Crippen LogP contribution is 2.14. The molecule has 0 aromatic heterocycles. The van der Waals surface area contributed by atoms with Crippen molar-refractivity contribution < 1.29 is 9.47 Å². The number of nitrogens with one attached hydrogen (secondary N) is 1. The first-order chi connectivity index (χ1) is 9.84. The maximum Gasteiger partial charge on any atom is 0.158 e. The number of hydrogen-bond donors (Lipinski definition) is 1. The summed E-state index contributed by atoms with van der Waals surface area (Å²) in [5.74, 6) is 0. The lowest BCUT2D eigenvalue weighted by Crippen LogP contribution is -2.23. The normalized spacial score (nSPS) is 18.9. The SMILES string of the molecule is C=C(CCNCc1ccccc1)COC1CCCCO1. The maximum absolute atomic E-state index is 5.71. The van der Waals surface area contributed by atoms with Crippen LogP contribution in [0, 0.1) is 0 Å². The quantitative estimate of drug-likeness (QED) is 0.583. The molecule has 1 heterocycles. The smallest absolute Gasteiger partial charge is 0.158 e. The van der Waals surface area contributed by atoms with Gasteiger partial charge in [0.15, 0.2) is 6.29 Å². The third-order valence-corrected chi connectivity index (χ3v) is 3.44. The zero-order chi connectivity index (χ0) is 14.0. The van der Waals surface area contributed by atoms with Crippen molar-refractivity contribution in [2.24, 2.45) is 0 Å². The molecule has 1 fully saturated rings. The lowest BCUT2D eigenvalue weighted by atomic mass is 10.2. The minimum absolute atomic E-state index is 0.0159. The fourth-order valence-corrected chi connectivity index (χ4v) is 2.22. The molecule has 0 spiro atoms. The molecule has 0 bridgehead atoms. The predicted octanol–water partition coefficient (Wildman–Crippen LogP) is 3.27. The molecule has 1 aromatic rings. The van der Waals surface area contributed by atoms with E-state index < -0.39 is 0 Å². The van der Waals surface area contributed by atoms with Crippen LogP contribution in [0.4, 0.5) is 0 Å². The van der Waals surface area contributed by atoms with Crippen molar-refractivity contribution >= 4 is 0 Å². The first kappa shape index (κ1) is 15.2. The van der Waals surface area contributed by atoms with Gasteiger partial charge in [0.25, 0.3) is 0 Å². The van der Waals surface area contributed by atoms with Crippen LogP contribution < -0.4 is 5.32 Å². The summed E-state index contributed by atoms with van der Waals surface area (Å²) in [6, 6.07) is 10.4. The fourth-order valence-electron chi connectivity index (χ4n) is 2.22. The molecule has 0 aliphatic carbocycles. The van der Waals surface area contributed by atoms with Gasteiger partial charge in [-0.2, -0.15) is 0 Å². The molecule has 1 unspecified atom stereocenters. The average molecular weight is 275 g/mol. The van der Waals surface area contributed by atoms with Crippen LogP contribution in [0.25, 0.3) is 0 Å². The van der Waals surface area contributed by atoms with E-state index in [1.165, 1.54) is 12.0 Å². The Hall–Kier alpha value is -1.16. The summed E-state index contributed by atoms with van der Waals surface area (Å²) >= 11 is 0. The van der Waals surface area contributed by atoms with Gasteiger partial charge in [0, 0.05) is 13.2 Å². The second kappa shape index (κ2) is 8.90. The third-order valence-electron chi connectivity index (χ3n) is 3.44. The molecule has 0 amide bonds. The molecule has 0 saturated carbocycles. The number of ether oxygens (including phenoxy) is 2. The Balaban J connectivity index is 1.51. The second-order valence-corrected chi connectivity index (χ2v) is 5.27. The van der Waals surface area contributed by atoms with E-state index in [-0.39, 0.29) is 6.29 Å². The first-order valence-corrected chi connectivity index (χ1v) is 7.49. The standard InChI is InChI=1S/C17H25NO2/c1-15(14-20-17-9-5-6-12-19-17)10-11-18-13-16-7-3-2-4-8-16/h2-4,7-8,17-18H,1,5-6,9-14H2. The Morgan fingerprint density at radius 1 is 1.30 bits per heavy atom. The predicted molar refractivity (Wildman–Crippen MR) is 81.4 cm³/mol. The minimum Gasteiger partial charge on any atom is -0.353 e. The van der Waals surface area contributed by atoms with E-state index in [1.54, 1.807) is 0 Å². The molecule has 3 nitrogen and oxygen atoms in total. The van der Waals surface area contributed by atoms with Crippen LogP contribution in [0.1, 0.15) is 31.2 Å². The Morgan fingerprint density at radius 2 is 2.15 bits per heavy atom. The van der Waals surface area contributed by atoms with Gasteiger partial charge < -0.3 is 14.8 Å². The fraction of sp³-hybridized carbons (Fsp3) is 0.529. The van der Waals surface area contributed by atoms with Crippen LogP contribution >= 0.6 is 0 Å². The van der Waals surface area contributed by atoms with Gasteiger partial charge in [-0.1, -0.05) is 42.5 Å². The van der Waals surface area contributed by atoms with Crippen molar-refractivity contribution in [3.05, 3.63) is 48.0 Å².